The van der Waals surface area contributed by atoms with Crippen LogP contribution in [0.5, 0.6) is 0 Å². The summed E-state index contributed by atoms with van der Waals surface area (Å²) in [6.07, 6.45) is 2.11. The Morgan fingerprint density at radius 3 is 2.62 bits per heavy atom. The minimum atomic E-state index is -0.802. The van der Waals surface area contributed by atoms with Crippen molar-refractivity contribution in [2.75, 3.05) is 0 Å². The van der Waals surface area contributed by atoms with Gasteiger partial charge in [-0.1, -0.05) is 13.8 Å². The lowest BCUT2D eigenvalue weighted by atomic mass is 9.62. The molecule has 4 atom stereocenters. The molecule has 0 radical (unpaired) electrons. The third-order valence-electron chi connectivity index (χ3n) is 3.83. The van der Waals surface area contributed by atoms with Gasteiger partial charge in [0, 0.05) is 0 Å². The average molecular weight is 184 g/mol. The maximum absolute atomic E-state index is 10.7. The van der Waals surface area contributed by atoms with Crippen LogP contribution < -0.4 is 0 Å². The Kier molecular flexibility index (Phi) is 1.88. The Balaban J connectivity index is 2.02. The molecule has 1 aliphatic heterocycles. The maximum atomic E-state index is 10.7. The molecule has 4 unspecified atom stereocenters. The van der Waals surface area contributed by atoms with Crippen molar-refractivity contribution in [3.8, 4) is 0 Å². The molecular formula is C10H16O3. The molecule has 0 bridgehead atoms. The first-order valence-electron chi connectivity index (χ1n) is 4.96. The first kappa shape index (κ1) is 9.00. The van der Waals surface area contributed by atoms with E-state index in [1.54, 1.807) is 0 Å². The second-order valence-electron chi connectivity index (χ2n) is 4.52. The van der Waals surface area contributed by atoms with Crippen LogP contribution in [0.4, 0.5) is 0 Å². The second-order valence-corrected chi connectivity index (χ2v) is 4.52. The van der Waals surface area contributed by atoms with Crippen LogP contribution >= 0.6 is 0 Å². The van der Waals surface area contributed by atoms with Crippen LogP contribution in [0.1, 0.15) is 33.1 Å². The molecule has 1 N–H and O–H groups in total. The van der Waals surface area contributed by atoms with Gasteiger partial charge in [-0.05, 0) is 31.1 Å². The Morgan fingerprint density at radius 1 is 1.54 bits per heavy atom. The molecule has 0 aromatic carbocycles. The number of carboxylic acid groups (broad SMARTS) is 1. The number of carbonyl (C=O) groups is 1. The fraction of sp³-hybridized carbons (Fsp3) is 0.900. The normalized spacial score (nSPS) is 49.2. The van der Waals surface area contributed by atoms with Crippen molar-refractivity contribution < 1.29 is 14.6 Å². The van der Waals surface area contributed by atoms with E-state index < -0.39 is 12.1 Å². The van der Waals surface area contributed by atoms with Gasteiger partial charge in [0.15, 0.2) is 6.10 Å². The fourth-order valence-corrected chi connectivity index (χ4v) is 2.70. The minimum absolute atomic E-state index is 0.0809. The predicted octanol–water partition coefficient (Wildman–Crippen LogP) is 1.66. The Morgan fingerprint density at radius 2 is 2.23 bits per heavy atom. The summed E-state index contributed by atoms with van der Waals surface area (Å²) in [5.74, 6) is 0.410. The van der Waals surface area contributed by atoms with E-state index >= 15 is 0 Å². The van der Waals surface area contributed by atoms with Crippen molar-refractivity contribution in [2.24, 2.45) is 11.8 Å². The summed E-state index contributed by atoms with van der Waals surface area (Å²) in [6, 6.07) is 0. The first-order valence-corrected chi connectivity index (χ1v) is 4.96. The van der Waals surface area contributed by atoms with Crippen LogP contribution in [0.15, 0.2) is 0 Å². The number of hydrogen-bond acceptors (Lipinski definition) is 2. The number of aliphatic carboxylic acids is 1. The number of carboxylic acids is 1. The largest absolute Gasteiger partial charge is 0.479 e. The monoisotopic (exact) mass is 184 g/mol. The predicted molar refractivity (Wildman–Crippen MR) is 47.4 cm³/mol. The van der Waals surface area contributed by atoms with Gasteiger partial charge < -0.3 is 9.84 Å². The van der Waals surface area contributed by atoms with Crippen molar-refractivity contribution in [1.29, 1.82) is 0 Å². The lowest BCUT2D eigenvalue weighted by Gasteiger charge is -2.50. The van der Waals surface area contributed by atoms with Gasteiger partial charge >= 0.3 is 5.97 Å². The minimum Gasteiger partial charge on any atom is -0.479 e. The smallest absolute Gasteiger partial charge is 0.332 e. The van der Waals surface area contributed by atoms with Crippen LogP contribution in [-0.2, 0) is 9.53 Å². The third-order valence-corrected chi connectivity index (χ3v) is 3.83. The second kappa shape index (κ2) is 2.71. The van der Waals surface area contributed by atoms with Crippen LogP contribution in [0, 0.1) is 11.8 Å². The van der Waals surface area contributed by atoms with Gasteiger partial charge in [0.2, 0.25) is 0 Å². The Hall–Kier alpha value is -0.570. The molecule has 1 spiro atoms. The lowest BCUT2D eigenvalue weighted by Crippen LogP contribution is -2.51. The van der Waals surface area contributed by atoms with Crippen molar-refractivity contribution in [1.82, 2.24) is 0 Å². The lowest BCUT2D eigenvalue weighted by molar-refractivity contribution is -0.180. The summed E-state index contributed by atoms with van der Waals surface area (Å²) in [5.41, 5.74) is -0.0809. The summed E-state index contributed by atoms with van der Waals surface area (Å²) in [4.78, 5) is 10.7. The molecule has 1 heterocycles. The first-order chi connectivity index (χ1) is 6.05. The van der Waals surface area contributed by atoms with Crippen molar-refractivity contribution in [3.63, 3.8) is 0 Å². The van der Waals surface area contributed by atoms with Crippen molar-refractivity contribution >= 4 is 5.97 Å². The molecule has 2 aliphatic rings. The Bertz CT molecular complexity index is 238. The van der Waals surface area contributed by atoms with E-state index in [0.29, 0.717) is 18.3 Å². The van der Waals surface area contributed by atoms with E-state index in [2.05, 4.69) is 13.8 Å². The van der Waals surface area contributed by atoms with E-state index in [1.165, 1.54) is 0 Å². The molecule has 3 heteroatoms. The quantitative estimate of drug-likeness (QED) is 0.674. The zero-order valence-electron chi connectivity index (χ0n) is 8.12. The van der Waals surface area contributed by atoms with Gasteiger partial charge in [-0.25, -0.2) is 4.79 Å². The van der Waals surface area contributed by atoms with Crippen molar-refractivity contribution in [2.45, 2.75) is 44.8 Å². The molecule has 74 valence electrons. The van der Waals surface area contributed by atoms with Gasteiger partial charge in [-0.2, -0.15) is 0 Å². The molecule has 1 saturated heterocycles. The summed E-state index contributed by atoms with van der Waals surface area (Å²) < 4.78 is 5.63. The fourth-order valence-electron chi connectivity index (χ4n) is 2.70. The van der Waals surface area contributed by atoms with Crippen LogP contribution in [-0.4, -0.2) is 22.8 Å². The maximum Gasteiger partial charge on any atom is 0.332 e. The van der Waals surface area contributed by atoms with Crippen LogP contribution in [0.25, 0.3) is 0 Å². The molecule has 3 nitrogen and oxygen atoms in total. The zero-order chi connectivity index (χ0) is 9.64. The topological polar surface area (TPSA) is 46.5 Å². The molecule has 1 saturated carbocycles. The highest BCUT2D eigenvalue weighted by molar-refractivity contribution is 5.72. The van der Waals surface area contributed by atoms with Crippen LogP contribution in [0.2, 0.25) is 0 Å². The number of rotatable bonds is 1. The summed E-state index contributed by atoms with van der Waals surface area (Å²) >= 11 is 0. The summed E-state index contributed by atoms with van der Waals surface area (Å²) in [6.45, 7) is 4.37. The van der Waals surface area contributed by atoms with Gasteiger partial charge in [-0.3, -0.25) is 0 Å². The number of ether oxygens (including phenoxy) is 1. The van der Waals surface area contributed by atoms with E-state index in [4.69, 9.17) is 9.84 Å². The van der Waals surface area contributed by atoms with Crippen molar-refractivity contribution in [3.05, 3.63) is 0 Å². The Labute approximate surface area is 78.1 Å². The third kappa shape index (κ3) is 1.17. The molecular weight excluding hydrogens is 168 g/mol. The highest BCUT2D eigenvalue weighted by Gasteiger charge is 2.55. The van der Waals surface area contributed by atoms with Gasteiger partial charge in [-0.15, -0.1) is 0 Å². The van der Waals surface area contributed by atoms with Crippen LogP contribution in [0.3, 0.4) is 0 Å². The van der Waals surface area contributed by atoms with Gasteiger partial charge in [0.25, 0.3) is 0 Å². The molecule has 0 amide bonds. The molecule has 2 fully saturated rings. The van der Waals surface area contributed by atoms with E-state index in [-0.39, 0.29) is 5.60 Å². The zero-order valence-corrected chi connectivity index (χ0v) is 8.12. The summed E-state index contributed by atoms with van der Waals surface area (Å²) in [7, 11) is 0. The molecule has 0 aromatic heterocycles. The molecule has 1 aliphatic carbocycles. The van der Waals surface area contributed by atoms with Gasteiger partial charge in [0.05, 0.1) is 5.60 Å². The average Bonchev–Trinajstić information content (AvgIpc) is 2.51. The van der Waals surface area contributed by atoms with E-state index in [9.17, 15) is 4.79 Å². The highest BCUT2D eigenvalue weighted by atomic mass is 16.5. The molecule has 0 aromatic rings. The van der Waals surface area contributed by atoms with E-state index in [0.717, 1.165) is 12.8 Å². The van der Waals surface area contributed by atoms with Gasteiger partial charge in [0.1, 0.15) is 0 Å². The standard InChI is InChI=1S/C10H16O3/c1-6-5-10(7(6)2)4-3-8(13-10)9(11)12/h6-8H,3-5H2,1-2H3,(H,11,12). The highest BCUT2D eigenvalue weighted by Crippen LogP contribution is 2.53. The molecule has 2 rings (SSSR count). The number of hydrogen-bond donors (Lipinski definition) is 1. The SMILES string of the molecule is CC1CC2(CCC(C(=O)O)O2)C1C. The molecule has 13 heavy (non-hydrogen) atoms. The summed E-state index contributed by atoms with van der Waals surface area (Å²) in [5, 5.41) is 8.79. The van der Waals surface area contributed by atoms with E-state index in [1.807, 2.05) is 0 Å².